The van der Waals surface area contributed by atoms with Gasteiger partial charge in [0.1, 0.15) is 199 Å². The highest BCUT2D eigenvalue weighted by molar-refractivity contribution is 6.74. The van der Waals surface area contributed by atoms with Gasteiger partial charge < -0.3 is 4.42 Å². The number of furan rings is 1. The van der Waals surface area contributed by atoms with E-state index in [0.29, 0.717) is 17.6 Å². The van der Waals surface area contributed by atoms with Crippen molar-refractivity contribution in [3.8, 4) is 39.9 Å². The molecule has 0 fully saturated rings. The lowest BCUT2D eigenvalue weighted by molar-refractivity contribution is 0.674. The van der Waals surface area contributed by atoms with Crippen molar-refractivity contribution in [2.75, 3.05) is 0 Å². The summed E-state index contributed by atoms with van der Waals surface area (Å²) in [7, 11) is 54.4. The zero-order valence-electron chi connectivity index (χ0n) is 45.7. The summed E-state index contributed by atoms with van der Waals surface area (Å²) >= 11 is 0. The van der Waals surface area contributed by atoms with Crippen LogP contribution in [-0.4, -0.2) is 208 Å². The molecule has 0 aliphatic heterocycles. The van der Waals surface area contributed by atoms with Crippen LogP contribution in [0, 0.1) is 0 Å². The molecule has 3 heterocycles. The molecular formula is C39H48B24N4O. The van der Waals surface area contributed by atoms with Gasteiger partial charge in [0, 0.05) is 32.9 Å². The molecule has 0 saturated carbocycles. The van der Waals surface area contributed by atoms with Crippen molar-refractivity contribution in [1.29, 1.82) is 0 Å². The minimum atomic E-state index is 0.637. The minimum absolute atomic E-state index is 0.637. The van der Waals surface area contributed by atoms with Crippen LogP contribution in [0.5, 0.6) is 0 Å². The summed E-state index contributed by atoms with van der Waals surface area (Å²) in [5.74, 6) is 1.99. The molecule has 3 aromatic heterocycles. The summed E-state index contributed by atoms with van der Waals surface area (Å²) in [5, 5.41) is 4.96. The Kier molecular flexibility index (Phi) is 11.8. The van der Waals surface area contributed by atoms with Crippen molar-refractivity contribution >= 4 is 363 Å². The number of fused-ring (bicyclic) bond motifs is 6. The quantitative estimate of drug-likeness (QED) is 0.166. The Hall–Kier alpha value is -4.51. The van der Waals surface area contributed by atoms with Crippen LogP contribution in [-0.2, 0) is 0 Å². The maximum Gasteiger partial charge on any atom is 0.238 e. The third-order valence-electron chi connectivity index (χ3n) is 18.6. The predicted molar refractivity (Wildman–Crippen MR) is 374 cm³/mol. The molecule has 29 heteroatoms. The van der Waals surface area contributed by atoms with Crippen molar-refractivity contribution in [3.05, 3.63) is 0 Å². The molecule has 302 valence electrons. The topological polar surface area (TPSA) is 56.7 Å². The zero-order chi connectivity index (χ0) is 49.9. The molecule has 9 rings (SSSR count). The largest absolute Gasteiger partial charge is 0.457 e. The normalized spacial score (nSPS) is 11.8. The number of hydrogen-bond acceptors (Lipinski definition) is 4. The zero-order valence-corrected chi connectivity index (χ0v) is 45.7. The molecule has 0 atom stereocenters. The van der Waals surface area contributed by atoms with E-state index in [1.165, 1.54) is 164 Å². The van der Waals surface area contributed by atoms with E-state index in [1.54, 1.807) is 0 Å². The molecule has 0 saturated heterocycles. The summed E-state index contributed by atoms with van der Waals surface area (Å²) in [5.41, 5.74) is 39.4. The van der Waals surface area contributed by atoms with Crippen LogP contribution in [0.1, 0.15) is 0 Å². The van der Waals surface area contributed by atoms with Crippen molar-refractivity contribution in [2.24, 2.45) is 0 Å². The number of hydrogen-bond donors (Lipinski definition) is 0. The van der Waals surface area contributed by atoms with Crippen LogP contribution in [0.4, 0.5) is 0 Å². The number of rotatable bonds is 4. The minimum Gasteiger partial charge on any atom is -0.457 e. The maximum atomic E-state index is 7.32. The second-order valence-corrected chi connectivity index (χ2v) is 21.1. The average Bonchev–Trinajstić information content (AvgIpc) is 3.89. The second-order valence-electron chi connectivity index (χ2n) is 21.1. The smallest absolute Gasteiger partial charge is 0.238 e. The lowest BCUT2D eigenvalue weighted by atomic mass is 9.58. The fourth-order valence-corrected chi connectivity index (χ4v) is 12.3. The van der Waals surface area contributed by atoms with E-state index in [2.05, 4.69) is 193 Å². The molecule has 0 radical (unpaired) electrons. The molecule has 0 bridgehead atoms. The molecular weight excluding hydrogens is 800 g/mol. The van der Waals surface area contributed by atoms with Crippen LogP contribution in [0.2, 0.25) is 0 Å². The van der Waals surface area contributed by atoms with E-state index in [9.17, 15) is 0 Å². The van der Waals surface area contributed by atoms with Crippen molar-refractivity contribution in [2.45, 2.75) is 0 Å². The third-order valence-corrected chi connectivity index (χ3v) is 18.6. The molecule has 0 spiro atoms. The average molecular weight is 848 g/mol. The fraction of sp³-hybridized carbons (Fsp3) is 0. The van der Waals surface area contributed by atoms with E-state index >= 15 is 0 Å². The standard InChI is InChI=1S/C39H48B24N4O/c40-9-1(3-10(41)19(50)26(57)20(51)11(3)42)2-6-14(45)15(46)8(18(49)36(6)68-35(2)32(63)25(9)56)38-64-37(7-16(47)23(54)27(58)24(55)17(7)48)65-39(66-38)67-33-4(12(43)21(52)28(59)30(33)61)5-13(44)22(53)29(60)31(62)34(5)67/h40-63H2. The van der Waals surface area contributed by atoms with Crippen molar-refractivity contribution < 1.29 is 4.42 Å². The molecule has 68 heavy (non-hydrogen) atoms. The highest BCUT2D eigenvalue weighted by atomic mass is 16.3. The molecule has 9 aromatic rings. The fourth-order valence-electron chi connectivity index (χ4n) is 12.3. The van der Waals surface area contributed by atoms with Gasteiger partial charge in [-0.2, -0.15) is 9.97 Å². The van der Waals surface area contributed by atoms with E-state index < -0.39 is 0 Å². The van der Waals surface area contributed by atoms with Crippen molar-refractivity contribution in [3.63, 3.8) is 0 Å². The van der Waals surface area contributed by atoms with Gasteiger partial charge >= 0.3 is 0 Å². The first kappa shape index (κ1) is 48.5. The van der Waals surface area contributed by atoms with Crippen LogP contribution < -0.4 is 131 Å². The summed E-state index contributed by atoms with van der Waals surface area (Å²) < 4.78 is 9.72. The first-order valence-corrected chi connectivity index (χ1v) is 24.7. The lowest BCUT2D eigenvalue weighted by Gasteiger charge is -2.24. The van der Waals surface area contributed by atoms with Crippen LogP contribution >= 0.6 is 0 Å². The van der Waals surface area contributed by atoms with Gasteiger partial charge in [-0.25, -0.2) is 4.98 Å². The highest BCUT2D eigenvalue weighted by Crippen LogP contribution is 2.33. The predicted octanol–water partition coefficient (Wildman–Crippen LogP) is -31.9. The van der Waals surface area contributed by atoms with Gasteiger partial charge in [-0.3, -0.25) is 4.57 Å². The first-order chi connectivity index (χ1) is 31.8. The van der Waals surface area contributed by atoms with Gasteiger partial charge in [-0.1, -0.05) is 81.9 Å². The van der Waals surface area contributed by atoms with E-state index in [1.807, 2.05) is 0 Å². The summed E-state index contributed by atoms with van der Waals surface area (Å²) in [6.45, 7) is 0. The number of benzene rings is 6. The summed E-state index contributed by atoms with van der Waals surface area (Å²) in [4.78, 5) is 17.0. The Morgan fingerprint density at radius 3 is 0.971 bits per heavy atom. The summed E-state index contributed by atoms with van der Waals surface area (Å²) in [6, 6.07) is 0. The third kappa shape index (κ3) is 6.40. The Morgan fingerprint density at radius 1 is 0.235 bits per heavy atom. The van der Waals surface area contributed by atoms with Crippen LogP contribution in [0.15, 0.2) is 4.42 Å². The monoisotopic (exact) mass is 853 g/mol. The van der Waals surface area contributed by atoms with Gasteiger partial charge in [0.25, 0.3) is 0 Å². The molecule has 0 unspecified atom stereocenters. The Bertz CT molecular complexity index is 3730. The maximum absolute atomic E-state index is 7.32. The molecule has 0 aliphatic rings. The SMILES string of the molecule is Bc1c(B)c(B)c(-c2nc(-c3c(B)c(B)c4c(oc5c(B)c(B)c(B)c(-c6c(B)c(B)c(B)c(B)c6B)c54)c3B)nc(-n3c4c(B)c(B)c(B)c(B)c4c4c(B)c(B)c(B)c(B)c43)n2)c(B)c1B. The Balaban J connectivity index is 1.49. The highest BCUT2D eigenvalue weighted by Gasteiger charge is 2.30. The van der Waals surface area contributed by atoms with Gasteiger partial charge in [0.2, 0.25) is 5.95 Å². The van der Waals surface area contributed by atoms with Gasteiger partial charge in [0.05, 0.1) is 0 Å². The number of nitrogens with zero attached hydrogens (tertiary/aromatic N) is 4. The van der Waals surface area contributed by atoms with Gasteiger partial charge in [-0.05, 0) is 27.4 Å². The molecule has 0 aliphatic carbocycles. The lowest BCUT2D eigenvalue weighted by Crippen LogP contribution is -2.56. The first-order valence-electron chi connectivity index (χ1n) is 24.7. The Morgan fingerprint density at radius 2 is 0.529 bits per heavy atom. The summed E-state index contributed by atoms with van der Waals surface area (Å²) in [6.07, 6.45) is 0. The van der Waals surface area contributed by atoms with E-state index in [0.717, 1.165) is 33.2 Å². The molecule has 5 nitrogen and oxygen atoms in total. The van der Waals surface area contributed by atoms with Gasteiger partial charge in [0.15, 0.2) is 11.6 Å². The Labute approximate surface area is 424 Å². The van der Waals surface area contributed by atoms with Crippen LogP contribution in [0.3, 0.4) is 0 Å². The molecule has 0 N–H and O–H groups in total. The van der Waals surface area contributed by atoms with E-state index in [4.69, 9.17) is 19.4 Å². The molecule has 0 amide bonds. The molecule has 6 aromatic carbocycles. The van der Waals surface area contributed by atoms with Gasteiger partial charge in [-0.15, -0.1) is 43.7 Å². The van der Waals surface area contributed by atoms with E-state index in [-0.39, 0.29) is 0 Å². The second kappa shape index (κ2) is 16.5. The van der Waals surface area contributed by atoms with Crippen LogP contribution in [0.25, 0.3) is 83.6 Å². The number of aromatic nitrogens is 4. The van der Waals surface area contributed by atoms with Crippen molar-refractivity contribution in [1.82, 2.24) is 19.5 Å².